The summed E-state index contributed by atoms with van der Waals surface area (Å²) in [5.41, 5.74) is 5.99. The standard InChI is InChI=1S/C22H27NO.3CO.Cr/c1-22(23-15-16-7-4-3-5-8-16)12-11-17-9-6-10-18-13-19(24-2)14-20(22)21(17)18;3*1-2;/h3-5,7-8,13-14,17,23H,6,9-12,15H2,1-2H3;;;;/t17-,22-;;;;/m1..../s1. The fourth-order valence-electron chi connectivity index (χ4n) is 4.59. The zero-order chi connectivity index (χ0) is 22.6. The molecule has 0 unspecified atom stereocenters. The van der Waals surface area contributed by atoms with Gasteiger partial charge in [-0.05, 0) is 79.3 Å². The van der Waals surface area contributed by atoms with E-state index in [0.29, 0.717) is 0 Å². The second kappa shape index (κ2) is 14.9. The summed E-state index contributed by atoms with van der Waals surface area (Å²) in [5.74, 6) is 1.76. The van der Waals surface area contributed by atoms with Gasteiger partial charge in [-0.3, -0.25) is 0 Å². The molecule has 0 spiro atoms. The molecule has 31 heavy (non-hydrogen) atoms. The predicted molar refractivity (Wildman–Crippen MR) is 110 cm³/mol. The molecule has 0 fully saturated rings. The normalized spacial score (nSPS) is 19.7. The molecule has 0 aromatic heterocycles. The third-order valence-corrected chi connectivity index (χ3v) is 5.99. The Bertz CT molecular complexity index is 849. The summed E-state index contributed by atoms with van der Waals surface area (Å²) in [4.78, 5) is 0. The molecular formula is C25H27CrNO4. The van der Waals surface area contributed by atoms with Crippen LogP contribution in [0.1, 0.15) is 60.8 Å². The van der Waals surface area contributed by atoms with Gasteiger partial charge in [0.25, 0.3) is 0 Å². The van der Waals surface area contributed by atoms with Crippen molar-refractivity contribution < 1.29 is 36.1 Å². The Hall–Kier alpha value is -2.05. The van der Waals surface area contributed by atoms with Crippen molar-refractivity contribution in [1.82, 2.24) is 5.32 Å². The van der Waals surface area contributed by atoms with E-state index in [2.05, 4.69) is 74.7 Å². The molecule has 4 rings (SSSR count). The average Bonchev–Trinajstić information content (AvgIpc) is 2.84. The van der Waals surface area contributed by atoms with Crippen molar-refractivity contribution in [1.29, 1.82) is 0 Å². The van der Waals surface area contributed by atoms with E-state index in [1.165, 1.54) is 48.8 Å². The topological polar surface area (TPSA) is 81.0 Å². The molecule has 0 radical (unpaired) electrons. The maximum atomic E-state index is 7.50. The zero-order valence-electron chi connectivity index (χ0n) is 17.9. The Balaban J connectivity index is 0.00000119. The monoisotopic (exact) mass is 457 g/mol. The summed E-state index contributed by atoms with van der Waals surface area (Å²) in [7, 11) is 1.78. The third kappa shape index (κ3) is 6.98. The van der Waals surface area contributed by atoms with Gasteiger partial charge in [-0.1, -0.05) is 30.3 Å². The van der Waals surface area contributed by atoms with Gasteiger partial charge in [-0.15, -0.1) is 0 Å². The zero-order valence-corrected chi connectivity index (χ0v) is 19.2. The van der Waals surface area contributed by atoms with Crippen LogP contribution in [0.5, 0.6) is 5.75 Å². The predicted octanol–water partition coefficient (Wildman–Crippen LogP) is 4.80. The minimum absolute atomic E-state index is 0. The number of benzene rings is 2. The smallest absolute Gasteiger partial charge is 0 e. The van der Waals surface area contributed by atoms with E-state index in [0.717, 1.165) is 18.2 Å². The van der Waals surface area contributed by atoms with Crippen molar-refractivity contribution in [2.24, 2.45) is 0 Å². The molecular weight excluding hydrogens is 430 g/mol. The number of hydrogen-bond donors (Lipinski definition) is 1. The fraction of sp³-hybridized carbons (Fsp3) is 0.400. The molecule has 0 aliphatic heterocycles. The molecule has 0 bridgehead atoms. The van der Waals surface area contributed by atoms with Gasteiger partial charge in [0.1, 0.15) is 5.75 Å². The van der Waals surface area contributed by atoms with Crippen molar-refractivity contribution in [2.75, 3.05) is 7.11 Å². The molecule has 2 aliphatic carbocycles. The summed E-state index contributed by atoms with van der Waals surface area (Å²) < 4.78 is 28.1. The van der Waals surface area contributed by atoms with Crippen LogP contribution in [-0.2, 0) is 49.8 Å². The van der Waals surface area contributed by atoms with Crippen molar-refractivity contribution >= 4 is 0 Å². The van der Waals surface area contributed by atoms with E-state index in [4.69, 9.17) is 18.7 Å². The molecule has 2 aromatic rings. The molecule has 6 heteroatoms. The van der Waals surface area contributed by atoms with Gasteiger partial charge in [0, 0.05) is 29.4 Å². The third-order valence-electron chi connectivity index (χ3n) is 5.99. The van der Waals surface area contributed by atoms with Crippen LogP contribution in [0.25, 0.3) is 0 Å². The van der Waals surface area contributed by atoms with Crippen LogP contribution < -0.4 is 10.1 Å². The fourth-order valence-corrected chi connectivity index (χ4v) is 4.59. The minimum Gasteiger partial charge on any atom is 0 e. The summed E-state index contributed by atoms with van der Waals surface area (Å²) in [6, 6.07) is 15.3. The van der Waals surface area contributed by atoms with E-state index in [-0.39, 0.29) is 22.9 Å². The van der Waals surface area contributed by atoms with Crippen LogP contribution >= 0.6 is 0 Å². The summed E-state index contributed by atoms with van der Waals surface area (Å²) in [5, 5.41) is 3.86. The summed E-state index contributed by atoms with van der Waals surface area (Å²) >= 11 is 0. The van der Waals surface area contributed by atoms with Crippen LogP contribution in [0.4, 0.5) is 0 Å². The molecule has 2 aliphatic rings. The Morgan fingerprint density at radius 3 is 2.29 bits per heavy atom. The first-order valence-electron chi connectivity index (χ1n) is 9.81. The van der Waals surface area contributed by atoms with Crippen LogP contribution in [-0.4, -0.2) is 7.11 Å². The van der Waals surface area contributed by atoms with E-state index in [1.54, 1.807) is 12.7 Å². The first-order chi connectivity index (χ1) is 14.7. The minimum atomic E-state index is 0. The van der Waals surface area contributed by atoms with Crippen molar-refractivity contribution in [3.05, 3.63) is 84.7 Å². The molecule has 0 amide bonds. The first kappa shape index (κ1) is 29.0. The van der Waals surface area contributed by atoms with Crippen molar-refractivity contribution in [3.63, 3.8) is 0 Å². The van der Waals surface area contributed by atoms with Gasteiger partial charge in [0.15, 0.2) is 0 Å². The number of hydrogen-bond acceptors (Lipinski definition) is 2. The molecule has 2 aromatic carbocycles. The maximum Gasteiger partial charge on any atom is 0 e. The number of rotatable bonds is 4. The van der Waals surface area contributed by atoms with E-state index in [9.17, 15) is 0 Å². The van der Waals surface area contributed by atoms with E-state index < -0.39 is 0 Å². The van der Waals surface area contributed by atoms with Gasteiger partial charge in [-0.2, -0.15) is 0 Å². The molecule has 1 N–H and O–H groups in total. The van der Waals surface area contributed by atoms with Crippen molar-refractivity contribution in [2.45, 2.75) is 57.0 Å². The Morgan fingerprint density at radius 1 is 1.03 bits per heavy atom. The maximum absolute atomic E-state index is 7.50. The quantitative estimate of drug-likeness (QED) is 0.529. The van der Waals surface area contributed by atoms with E-state index >= 15 is 0 Å². The Kier molecular flexibility index (Phi) is 13.9. The Morgan fingerprint density at radius 2 is 1.68 bits per heavy atom. The molecule has 5 nitrogen and oxygen atoms in total. The van der Waals surface area contributed by atoms with Gasteiger partial charge >= 0.3 is 33.9 Å². The second-order valence-electron chi connectivity index (χ2n) is 7.55. The van der Waals surface area contributed by atoms with Crippen molar-refractivity contribution in [3.8, 4) is 5.75 Å². The average molecular weight is 457 g/mol. The van der Waals surface area contributed by atoms with Crippen LogP contribution in [0.15, 0.2) is 42.5 Å². The molecule has 0 heterocycles. The van der Waals surface area contributed by atoms with Gasteiger partial charge < -0.3 is 10.1 Å². The van der Waals surface area contributed by atoms with Crippen LogP contribution in [0, 0.1) is 20.0 Å². The van der Waals surface area contributed by atoms with Crippen LogP contribution in [0.2, 0.25) is 0 Å². The molecule has 0 saturated heterocycles. The number of aryl methyl sites for hydroxylation is 1. The Labute approximate surface area is 195 Å². The number of methoxy groups -OCH3 is 1. The van der Waals surface area contributed by atoms with E-state index in [1.807, 2.05) is 0 Å². The van der Waals surface area contributed by atoms with Gasteiger partial charge in [-0.25, -0.2) is 0 Å². The van der Waals surface area contributed by atoms with Gasteiger partial charge in [0.05, 0.1) is 7.11 Å². The number of nitrogens with one attached hydrogen (secondary N) is 1. The first-order valence-corrected chi connectivity index (χ1v) is 9.81. The van der Waals surface area contributed by atoms with Gasteiger partial charge in [0.2, 0.25) is 0 Å². The molecule has 0 saturated carbocycles. The van der Waals surface area contributed by atoms with Crippen LogP contribution in [0.3, 0.4) is 0 Å². The number of ether oxygens (including phenoxy) is 1. The molecule has 2 atom stereocenters. The summed E-state index contributed by atoms with van der Waals surface area (Å²) in [6.45, 7) is 16.8. The summed E-state index contributed by atoms with van der Waals surface area (Å²) in [6.07, 6.45) is 6.36. The SMILES string of the molecule is COc1cc2c3c(c1)[C@](C)(NCc1ccccc1)CC[C@H]3CCC2.[C-]#[O+].[C-]#[O+].[C-]#[O+].[Cr]. The second-order valence-corrected chi connectivity index (χ2v) is 7.55. The molecule has 162 valence electrons. The largest absolute Gasteiger partial charge is 0 e.